The number of nitrogens with zero attached hydrogens (tertiary/aromatic N) is 1. The molecule has 1 aromatic rings. The van der Waals surface area contributed by atoms with Crippen LogP contribution in [0.1, 0.15) is 58.1 Å². The van der Waals surface area contributed by atoms with Crippen molar-refractivity contribution in [1.29, 1.82) is 0 Å². The zero-order chi connectivity index (χ0) is 11.6. The Balaban J connectivity index is 2.42. The topological polar surface area (TPSA) is 12.9 Å². The molecular formula is C15H25N. The van der Waals surface area contributed by atoms with Crippen molar-refractivity contribution in [1.82, 2.24) is 4.98 Å². The maximum Gasteiger partial charge on any atom is 0.0406 e. The van der Waals surface area contributed by atoms with E-state index in [-0.39, 0.29) is 0 Å². The molecule has 1 heteroatoms. The van der Waals surface area contributed by atoms with Crippen molar-refractivity contribution in [2.45, 2.75) is 58.8 Å². The molecule has 0 unspecified atom stereocenters. The number of hydrogen-bond donors (Lipinski definition) is 0. The van der Waals surface area contributed by atoms with Gasteiger partial charge in [-0.15, -0.1) is 0 Å². The SMILES string of the molecule is CCCCC(CCCC)Cc1ccccn1. The molecule has 1 rings (SSSR count). The Morgan fingerprint density at radius 3 is 2.25 bits per heavy atom. The fourth-order valence-corrected chi connectivity index (χ4v) is 2.15. The molecule has 0 saturated heterocycles. The van der Waals surface area contributed by atoms with E-state index in [0.29, 0.717) is 0 Å². The van der Waals surface area contributed by atoms with E-state index in [2.05, 4.69) is 31.0 Å². The van der Waals surface area contributed by atoms with Gasteiger partial charge < -0.3 is 0 Å². The lowest BCUT2D eigenvalue weighted by Crippen LogP contribution is -2.06. The Labute approximate surface area is 100 Å². The predicted molar refractivity (Wildman–Crippen MR) is 70.5 cm³/mol. The highest BCUT2D eigenvalue weighted by Gasteiger charge is 2.09. The van der Waals surface area contributed by atoms with E-state index >= 15 is 0 Å². The van der Waals surface area contributed by atoms with E-state index < -0.39 is 0 Å². The molecule has 0 aromatic carbocycles. The van der Waals surface area contributed by atoms with Crippen LogP contribution in [0.3, 0.4) is 0 Å². The van der Waals surface area contributed by atoms with Gasteiger partial charge in [-0.2, -0.15) is 0 Å². The van der Waals surface area contributed by atoms with Crippen molar-refractivity contribution in [3.63, 3.8) is 0 Å². The largest absolute Gasteiger partial charge is 0.261 e. The molecule has 0 aliphatic rings. The first-order valence-electron chi connectivity index (χ1n) is 6.76. The van der Waals surface area contributed by atoms with Gasteiger partial charge in [-0.05, 0) is 24.5 Å². The zero-order valence-corrected chi connectivity index (χ0v) is 10.8. The Bertz CT molecular complexity index is 247. The summed E-state index contributed by atoms with van der Waals surface area (Å²) in [7, 11) is 0. The van der Waals surface area contributed by atoms with Gasteiger partial charge in [0.05, 0.1) is 0 Å². The van der Waals surface area contributed by atoms with Gasteiger partial charge in [-0.1, -0.05) is 58.4 Å². The highest BCUT2D eigenvalue weighted by molar-refractivity contribution is 5.04. The number of aromatic nitrogens is 1. The Morgan fingerprint density at radius 2 is 1.75 bits per heavy atom. The van der Waals surface area contributed by atoms with Crippen molar-refractivity contribution < 1.29 is 0 Å². The molecule has 1 aromatic heterocycles. The fraction of sp³-hybridized carbons (Fsp3) is 0.667. The van der Waals surface area contributed by atoms with Crippen LogP contribution in [0.25, 0.3) is 0 Å². The minimum atomic E-state index is 0.842. The van der Waals surface area contributed by atoms with Crippen molar-refractivity contribution >= 4 is 0 Å². The average Bonchev–Trinajstić information content (AvgIpc) is 2.34. The third-order valence-electron chi connectivity index (χ3n) is 3.16. The molecule has 0 radical (unpaired) electrons. The van der Waals surface area contributed by atoms with Crippen LogP contribution < -0.4 is 0 Å². The van der Waals surface area contributed by atoms with Crippen LogP contribution in [0.2, 0.25) is 0 Å². The van der Waals surface area contributed by atoms with Crippen LogP contribution in [0.5, 0.6) is 0 Å². The fourth-order valence-electron chi connectivity index (χ4n) is 2.15. The minimum Gasteiger partial charge on any atom is -0.261 e. The smallest absolute Gasteiger partial charge is 0.0406 e. The first kappa shape index (κ1) is 13.2. The average molecular weight is 219 g/mol. The molecule has 0 N–H and O–H groups in total. The van der Waals surface area contributed by atoms with Crippen molar-refractivity contribution in [2.75, 3.05) is 0 Å². The van der Waals surface area contributed by atoms with Crippen LogP contribution in [-0.4, -0.2) is 4.98 Å². The summed E-state index contributed by atoms with van der Waals surface area (Å²) in [6, 6.07) is 6.25. The summed E-state index contributed by atoms with van der Waals surface area (Å²) in [6.45, 7) is 4.55. The van der Waals surface area contributed by atoms with E-state index in [1.54, 1.807) is 0 Å². The molecule has 16 heavy (non-hydrogen) atoms. The van der Waals surface area contributed by atoms with Gasteiger partial charge in [0.25, 0.3) is 0 Å². The second-order valence-corrected chi connectivity index (χ2v) is 4.68. The molecule has 0 atom stereocenters. The summed E-state index contributed by atoms with van der Waals surface area (Å²) in [4.78, 5) is 4.43. The lowest BCUT2D eigenvalue weighted by atomic mass is 9.91. The highest BCUT2D eigenvalue weighted by Crippen LogP contribution is 2.20. The Kier molecular flexibility index (Phi) is 6.87. The normalized spacial score (nSPS) is 10.9. The Hall–Kier alpha value is -0.850. The molecule has 0 bridgehead atoms. The van der Waals surface area contributed by atoms with Crippen LogP contribution in [0, 0.1) is 5.92 Å². The summed E-state index contributed by atoms with van der Waals surface area (Å²) in [5.41, 5.74) is 1.26. The standard InChI is InChI=1S/C15H25N/c1-3-5-9-14(10-6-4-2)13-15-11-7-8-12-16-15/h7-8,11-12,14H,3-6,9-10,13H2,1-2H3. The Morgan fingerprint density at radius 1 is 1.06 bits per heavy atom. The van der Waals surface area contributed by atoms with Crippen molar-refractivity contribution in [3.8, 4) is 0 Å². The first-order valence-corrected chi connectivity index (χ1v) is 6.76. The lowest BCUT2D eigenvalue weighted by Gasteiger charge is -2.15. The highest BCUT2D eigenvalue weighted by atomic mass is 14.7. The van der Waals surface area contributed by atoms with E-state index in [4.69, 9.17) is 0 Å². The van der Waals surface area contributed by atoms with Crippen LogP contribution >= 0.6 is 0 Å². The van der Waals surface area contributed by atoms with Gasteiger partial charge in [0, 0.05) is 11.9 Å². The quantitative estimate of drug-likeness (QED) is 0.621. The summed E-state index contributed by atoms with van der Waals surface area (Å²) < 4.78 is 0. The number of pyridine rings is 1. The lowest BCUT2D eigenvalue weighted by molar-refractivity contribution is 0.414. The van der Waals surface area contributed by atoms with Crippen molar-refractivity contribution in [3.05, 3.63) is 30.1 Å². The molecule has 0 aliphatic carbocycles. The van der Waals surface area contributed by atoms with E-state index in [9.17, 15) is 0 Å². The van der Waals surface area contributed by atoms with Crippen LogP contribution in [0.4, 0.5) is 0 Å². The van der Waals surface area contributed by atoms with Crippen molar-refractivity contribution in [2.24, 2.45) is 5.92 Å². The van der Waals surface area contributed by atoms with E-state index in [1.807, 2.05) is 12.3 Å². The molecule has 0 saturated carbocycles. The maximum absolute atomic E-state index is 4.43. The molecule has 0 spiro atoms. The second-order valence-electron chi connectivity index (χ2n) is 4.68. The van der Waals surface area contributed by atoms with E-state index in [0.717, 1.165) is 5.92 Å². The number of unbranched alkanes of at least 4 members (excludes halogenated alkanes) is 2. The molecule has 1 heterocycles. The third kappa shape index (κ3) is 5.29. The van der Waals surface area contributed by atoms with E-state index in [1.165, 1.54) is 50.6 Å². The zero-order valence-electron chi connectivity index (χ0n) is 10.8. The summed E-state index contributed by atoms with van der Waals surface area (Å²) >= 11 is 0. The molecule has 0 fully saturated rings. The van der Waals surface area contributed by atoms with Gasteiger partial charge in [0.15, 0.2) is 0 Å². The van der Waals surface area contributed by atoms with Gasteiger partial charge in [-0.25, -0.2) is 0 Å². The van der Waals surface area contributed by atoms with Gasteiger partial charge in [0.2, 0.25) is 0 Å². The monoisotopic (exact) mass is 219 g/mol. The van der Waals surface area contributed by atoms with Gasteiger partial charge in [-0.3, -0.25) is 4.98 Å². The van der Waals surface area contributed by atoms with Gasteiger partial charge in [0.1, 0.15) is 0 Å². The summed E-state index contributed by atoms with van der Waals surface area (Å²) in [5, 5.41) is 0. The number of rotatable bonds is 8. The summed E-state index contributed by atoms with van der Waals surface area (Å²) in [6.07, 6.45) is 11.2. The molecule has 90 valence electrons. The molecule has 0 aliphatic heterocycles. The maximum atomic E-state index is 4.43. The second kappa shape index (κ2) is 8.32. The summed E-state index contributed by atoms with van der Waals surface area (Å²) in [5.74, 6) is 0.842. The van der Waals surface area contributed by atoms with Gasteiger partial charge >= 0.3 is 0 Å². The van der Waals surface area contributed by atoms with Crippen LogP contribution in [-0.2, 0) is 6.42 Å². The minimum absolute atomic E-state index is 0.842. The number of hydrogen-bond acceptors (Lipinski definition) is 1. The molecule has 0 amide bonds. The molecule has 1 nitrogen and oxygen atoms in total. The predicted octanol–water partition coefficient (Wildman–Crippen LogP) is 4.62. The third-order valence-corrected chi connectivity index (χ3v) is 3.16. The molecular weight excluding hydrogens is 194 g/mol. The van der Waals surface area contributed by atoms with Crippen LogP contribution in [0.15, 0.2) is 24.4 Å². The first-order chi connectivity index (χ1) is 7.86.